The van der Waals surface area contributed by atoms with Crippen LogP contribution in [0, 0.1) is 5.92 Å². The number of benzene rings is 1. The Bertz CT molecular complexity index is 1500. The van der Waals surface area contributed by atoms with Gasteiger partial charge in [-0.25, -0.2) is 0 Å². The first-order valence-electron chi connectivity index (χ1n) is 14.5. The van der Waals surface area contributed by atoms with Crippen molar-refractivity contribution in [1.82, 2.24) is 9.55 Å². The highest BCUT2D eigenvalue weighted by Crippen LogP contribution is 2.30. The van der Waals surface area contributed by atoms with Crippen LogP contribution < -0.4 is 15.4 Å². The smallest absolute Gasteiger partial charge is 0.323 e. The van der Waals surface area contributed by atoms with Crippen LogP contribution in [0.15, 0.2) is 64.9 Å². The molecule has 1 aromatic carbocycles. The average Bonchev–Trinajstić information content (AvgIpc) is 3.04. The highest BCUT2D eigenvalue weighted by Gasteiger charge is 2.31. The molecular weight excluding hydrogens is 570 g/mol. The zero-order chi connectivity index (χ0) is 31.1. The molecule has 3 heterocycles. The molecule has 1 saturated heterocycles. The fourth-order valence-electron chi connectivity index (χ4n) is 5.13. The molecule has 1 N–H and O–H groups in total. The van der Waals surface area contributed by atoms with Gasteiger partial charge in [-0.3, -0.25) is 19.4 Å². The lowest BCUT2D eigenvalue weighted by Gasteiger charge is -2.36. The van der Waals surface area contributed by atoms with Crippen molar-refractivity contribution in [1.29, 1.82) is 0 Å². The Labute approximate surface area is 254 Å². The van der Waals surface area contributed by atoms with Crippen LogP contribution in [0.5, 0.6) is 0 Å². The van der Waals surface area contributed by atoms with Crippen molar-refractivity contribution in [2.24, 2.45) is 11.0 Å². The maximum absolute atomic E-state index is 14.0. The predicted molar refractivity (Wildman–Crippen MR) is 164 cm³/mol. The molecule has 1 aliphatic rings. The van der Waals surface area contributed by atoms with Crippen molar-refractivity contribution in [3.63, 3.8) is 0 Å². The van der Waals surface area contributed by atoms with Gasteiger partial charge in [0.25, 0.3) is 5.56 Å². The fourth-order valence-corrected chi connectivity index (χ4v) is 5.13. The maximum atomic E-state index is 14.0. The Balaban J connectivity index is 1.40. The summed E-state index contributed by atoms with van der Waals surface area (Å²) < 4.78 is 17.6. The molecular formula is C30H37N7O7. The fraction of sp³-hybridized carbons (Fsp3) is 0.467. The SMILES string of the molecule is [N-]=[N+]=NCCOCCOCCOCCN(C(=O)[C@H]1CCCN(c2cncc3ccccc23)C1)c1ccc(=O)n(CC(=O)O)c1. The molecule has 4 rings (SSSR count). The molecule has 1 fully saturated rings. The summed E-state index contributed by atoms with van der Waals surface area (Å²) in [5, 5.41) is 14.8. The Morgan fingerprint density at radius 2 is 1.80 bits per heavy atom. The van der Waals surface area contributed by atoms with E-state index in [9.17, 15) is 19.5 Å². The number of aromatic nitrogens is 2. The number of carboxylic acids is 1. The van der Waals surface area contributed by atoms with Crippen LogP contribution in [0.25, 0.3) is 21.2 Å². The highest BCUT2D eigenvalue weighted by molar-refractivity contribution is 5.96. The second-order valence-corrected chi connectivity index (χ2v) is 10.2. The Morgan fingerprint density at radius 3 is 2.57 bits per heavy atom. The van der Waals surface area contributed by atoms with Gasteiger partial charge < -0.3 is 33.7 Å². The number of carboxylic acid groups (broad SMARTS) is 1. The van der Waals surface area contributed by atoms with E-state index in [-0.39, 0.29) is 31.5 Å². The van der Waals surface area contributed by atoms with Gasteiger partial charge in [-0.05, 0) is 24.4 Å². The normalized spacial score (nSPS) is 14.7. The molecule has 14 heteroatoms. The Hall–Kier alpha value is -4.49. The minimum Gasteiger partial charge on any atom is -0.480 e. The van der Waals surface area contributed by atoms with Crippen LogP contribution in [0.4, 0.5) is 11.4 Å². The van der Waals surface area contributed by atoms with Crippen LogP contribution in [0.1, 0.15) is 12.8 Å². The van der Waals surface area contributed by atoms with E-state index in [2.05, 4.69) is 26.0 Å². The molecule has 1 atom stereocenters. The van der Waals surface area contributed by atoms with E-state index in [0.29, 0.717) is 51.7 Å². The largest absolute Gasteiger partial charge is 0.480 e. The number of carbonyl (C=O) groups is 2. The zero-order valence-corrected chi connectivity index (χ0v) is 24.5. The van der Waals surface area contributed by atoms with Crippen LogP contribution in [-0.2, 0) is 30.3 Å². The highest BCUT2D eigenvalue weighted by atomic mass is 16.5. The van der Waals surface area contributed by atoms with Crippen molar-refractivity contribution in [3.8, 4) is 0 Å². The zero-order valence-electron chi connectivity index (χ0n) is 24.5. The molecule has 44 heavy (non-hydrogen) atoms. The summed E-state index contributed by atoms with van der Waals surface area (Å²) in [6, 6.07) is 10.8. The molecule has 0 bridgehead atoms. The van der Waals surface area contributed by atoms with Gasteiger partial charge in [0.15, 0.2) is 0 Å². The van der Waals surface area contributed by atoms with E-state index in [1.165, 1.54) is 12.3 Å². The second kappa shape index (κ2) is 17.0. The van der Waals surface area contributed by atoms with Crippen molar-refractivity contribution < 1.29 is 28.9 Å². The summed E-state index contributed by atoms with van der Waals surface area (Å²) >= 11 is 0. The van der Waals surface area contributed by atoms with E-state index >= 15 is 0 Å². The van der Waals surface area contributed by atoms with Gasteiger partial charge in [0.05, 0.1) is 63.1 Å². The van der Waals surface area contributed by atoms with Crippen LogP contribution in [0.2, 0.25) is 0 Å². The van der Waals surface area contributed by atoms with E-state index < -0.39 is 18.1 Å². The Kier molecular flexibility index (Phi) is 12.5. The quantitative estimate of drug-likeness (QED) is 0.105. The lowest BCUT2D eigenvalue weighted by molar-refractivity contribution is -0.137. The number of nitrogens with zero attached hydrogens (tertiary/aromatic N) is 7. The van der Waals surface area contributed by atoms with Gasteiger partial charge in [0.1, 0.15) is 6.54 Å². The molecule has 2 aromatic heterocycles. The summed E-state index contributed by atoms with van der Waals surface area (Å²) in [4.78, 5) is 48.5. The molecule has 14 nitrogen and oxygen atoms in total. The summed E-state index contributed by atoms with van der Waals surface area (Å²) in [5.74, 6) is -1.61. The number of aliphatic carboxylic acids is 1. The number of amides is 1. The second-order valence-electron chi connectivity index (χ2n) is 10.2. The predicted octanol–water partition coefficient (Wildman–Crippen LogP) is 3.09. The number of carbonyl (C=O) groups excluding carboxylic acids is 1. The molecule has 0 aliphatic carbocycles. The molecule has 0 radical (unpaired) electrons. The van der Waals surface area contributed by atoms with Gasteiger partial charge in [-0.2, -0.15) is 0 Å². The van der Waals surface area contributed by atoms with Crippen LogP contribution >= 0.6 is 0 Å². The molecule has 0 unspecified atom stereocenters. The van der Waals surface area contributed by atoms with E-state index in [1.54, 1.807) is 11.0 Å². The first kappa shape index (κ1) is 32.4. The van der Waals surface area contributed by atoms with E-state index in [4.69, 9.17) is 19.7 Å². The number of rotatable bonds is 17. The molecule has 234 valence electrons. The van der Waals surface area contributed by atoms with Crippen LogP contribution in [0.3, 0.4) is 0 Å². The Morgan fingerprint density at radius 1 is 1.05 bits per heavy atom. The van der Waals surface area contributed by atoms with E-state index in [0.717, 1.165) is 34.0 Å². The summed E-state index contributed by atoms with van der Waals surface area (Å²) in [7, 11) is 0. The first-order valence-corrected chi connectivity index (χ1v) is 14.5. The molecule has 1 amide bonds. The summed E-state index contributed by atoms with van der Waals surface area (Å²) in [5.41, 5.74) is 9.19. The third kappa shape index (κ3) is 9.25. The number of piperidine rings is 1. The van der Waals surface area contributed by atoms with E-state index in [1.807, 2.05) is 30.6 Å². The molecule has 3 aromatic rings. The molecule has 0 saturated carbocycles. The van der Waals surface area contributed by atoms with Crippen molar-refractivity contribution in [3.05, 3.63) is 75.8 Å². The summed E-state index contributed by atoms with van der Waals surface area (Å²) in [6.45, 7) is 3.14. The van der Waals surface area contributed by atoms with Crippen molar-refractivity contribution in [2.45, 2.75) is 19.4 Å². The van der Waals surface area contributed by atoms with Crippen molar-refractivity contribution in [2.75, 3.05) is 75.6 Å². The summed E-state index contributed by atoms with van der Waals surface area (Å²) in [6.07, 6.45) is 6.58. The lowest BCUT2D eigenvalue weighted by Crippen LogP contribution is -2.46. The topological polar surface area (TPSA) is 172 Å². The average molecular weight is 608 g/mol. The van der Waals surface area contributed by atoms with Gasteiger partial charge in [0, 0.05) is 60.3 Å². The van der Waals surface area contributed by atoms with Gasteiger partial charge >= 0.3 is 5.97 Å². The lowest BCUT2D eigenvalue weighted by atomic mass is 9.95. The first-order chi connectivity index (χ1) is 21.5. The molecule has 1 aliphatic heterocycles. The maximum Gasteiger partial charge on any atom is 0.323 e. The van der Waals surface area contributed by atoms with Gasteiger partial charge in [-0.15, -0.1) is 0 Å². The number of ether oxygens (including phenoxy) is 3. The monoisotopic (exact) mass is 607 g/mol. The van der Waals surface area contributed by atoms with Gasteiger partial charge in [0.2, 0.25) is 5.91 Å². The van der Waals surface area contributed by atoms with Gasteiger partial charge in [-0.1, -0.05) is 29.4 Å². The number of fused-ring (bicyclic) bond motifs is 1. The third-order valence-corrected chi connectivity index (χ3v) is 7.21. The minimum atomic E-state index is -1.15. The number of anilines is 2. The van der Waals surface area contributed by atoms with Crippen molar-refractivity contribution >= 4 is 34.0 Å². The third-order valence-electron chi connectivity index (χ3n) is 7.21. The molecule has 0 spiro atoms. The minimum absolute atomic E-state index is 0.124. The number of hydrogen-bond acceptors (Lipinski definition) is 9. The number of pyridine rings is 2. The standard InChI is InChI=1S/C30H37N7O7/c31-34-33-9-12-42-14-16-44-17-15-43-13-11-37(25-7-8-28(38)36(21-25)22-29(39)40)30(41)24-5-3-10-35(20-24)27-19-32-18-23-4-1-2-6-26(23)27/h1-2,4,6-8,18-19,21,24H,3,5,9-17,20,22H2,(H,39,40)/t24-/m0/s1. The van der Waals surface area contributed by atoms with Crippen LogP contribution in [-0.4, -0.2) is 92.4 Å². The number of hydrogen-bond donors (Lipinski definition) is 1. The number of azide groups is 1.